The summed E-state index contributed by atoms with van der Waals surface area (Å²) in [6.07, 6.45) is 7.17. The minimum Gasteiger partial charge on any atom is -0.492 e. The van der Waals surface area contributed by atoms with E-state index in [-0.39, 0.29) is 0 Å². The van der Waals surface area contributed by atoms with Crippen LogP contribution >= 0.6 is 0 Å². The molecule has 1 aromatic carbocycles. The van der Waals surface area contributed by atoms with Crippen molar-refractivity contribution in [3.8, 4) is 5.75 Å². The van der Waals surface area contributed by atoms with Gasteiger partial charge in [-0.05, 0) is 68.7 Å². The lowest BCUT2D eigenvalue weighted by Gasteiger charge is -2.40. The minimum atomic E-state index is 0.583. The SMILES string of the molecule is c1ccc(OCCN2CCC[C@]3(CCN(CC4CC4)C3)C2)cc1. The van der Waals surface area contributed by atoms with Crippen LogP contribution in [-0.4, -0.2) is 55.7 Å². The number of para-hydroxylation sites is 1. The molecule has 0 radical (unpaired) electrons. The van der Waals surface area contributed by atoms with Crippen LogP contribution in [0.4, 0.5) is 0 Å². The highest BCUT2D eigenvalue weighted by molar-refractivity contribution is 5.20. The summed E-state index contributed by atoms with van der Waals surface area (Å²) < 4.78 is 5.89. The van der Waals surface area contributed by atoms with Gasteiger partial charge in [-0.1, -0.05) is 18.2 Å². The first-order chi connectivity index (χ1) is 11.3. The molecular weight excluding hydrogens is 284 g/mol. The number of nitrogens with zero attached hydrogens (tertiary/aromatic N) is 2. The molecule has 2 heterocycles. The number of benzene rings is 1. The highest BCUT2D eigenvalue weighted by Crippen LogP contribution is 2.40. The summed E-state index contributed by atoms with van der Waals surface area (Å²) in [6.45, 7) is 8.48. The van der Waals surface area contributed by atoms with Crippen molar-refractivity contribution in [1.29, 1.82) is 0 Å². The summed E-state index contributed by atoms with van der Waals surface area (Å²) in [4.78, 5) is 5.40. The Morgan fingerprint density at radius 3 is 2.65 bits per heavy atom. The van der Waals surface area contributed by atoms with Crippen LogP contribution < -0.4 is 4.74 Å². The zero-order valence-electron chi connectivity index (χ0n) is 14.3. The van der Waals surface area contributed by atoms with E-state index in [0.717, 1.165) is 24.8 Å². The van der Waals surface area contributed by atoms with Crippen molar-refractivity contribution in [2.24, 2.45) is 11.3 Å². The molecule has 2 saturated heterocycles. The second-order valence-electron chi connectivity index (χ2n) is 7.97. The molecule has 0 bridgehead atoms. The van der Waals surface area contributed by atoms with Crippen molar-refractivity contribution in [1.82, 2.24) is 9.80 Å². The quantitative estimate of drug-likeness (QED) is 0.801. The average Bonchev–Trinajstić information content (AvgIpc) is 3.31. The normalized spacial score (nSPS) is 29.2. The topological polar surface area (TPSA) is 15.7 Å². The first-order valence-corrected chi connectivity index (χ1v) is 9.44. The van der Waals surface area contributed by atoms with Gasteiger partial charge < -0.3 is 9.64 Å². The molecule has 0 aromatic heterocycles. The van der Waals surface area contributed by atoms with E-state index in [0.29, 0.717) is 5.41 Å². The zero-order chi connectivity index (χ0) is 15.5. The summed E-state index contributed by atoms with van der Waals surface area (Å²) in [5, 5.41) is 0. The van der Waals surface area contributed by atoms with Crippen molar-refractivity contribution in [2.75, 3.05) is 45.9 Å². The van der Waals surface area contributed by atoms with Gasteiger partial charge in [0.25, 0.3) is 0 Å². The van der Waals surface area contributed by atoms with Crippen molar-refractivity contribution in [2.45, 2.75) is 32.1 Å². The molecule has 1 aliphatic carbocycles. The summed E-state index contributed by atoms with van der Waals surface area (Å²) in [6, 6.07) is 10.2. The average molecular weight is 314 g/mol. The van der Waals surface area contributed by atoms with Gasteiger partial charge in [0.15, 0.2) is 0 Å². The maximum atomic E-state index is 5.89. The number of piperidine rings is 1. The predicted octanol–water partition coefficient (Wildman–Crippen LogP) is 3.26. The van der Waals surface area contributed by atoms with Crippen molar-refractivity contribution >= 4 is 0 Å². The predicted molar refractivity (Wildman–Crippen MR) is 93.8 cm³/mol. The maximum Gasteiger partial charge on any atom is 0.119 e. The van der Waals surface area contributed by atoms with Crippen LogP contribution in [0.25, 0.3) is 0 Å². The number of rotatable bonds is 6. The fourth-order valence-electron chi connectivity index (χ4n) is 4.49. The van der Waals surface area contributed by atoms with Gasteiger partial charge in [0.1, 0.15) is 12.4 Å². The third kappa shape index (κ3) is 4.07. The molecule has 0 unspecified atom stereocenters. The van der Waals surface area contributed by atoms with Crippen molar-refractivity contribution < 1.29 is 4.74 Å². The summed E-state index contributed by atoms with van der Waals surface area (Å²) in [5.74, 6) is 2.03. The van der Waals surface area contributed by atoms with Gasteiger partial charge in [-0.2, -0.15) is 0 Å². The van der Waals surface area contributed by atoms with Crippen LogP contribution in [0.15, 0.2) is 30.3 Å². The van der Waals surface area contributed by atoms with Gasteiger partial charge in [0.05, 0.1) is 0 Å². The van der Waals surface area contributed by atoms with Crippen LogP contribution in [0.2, 0.25) is 0 Å². The molecule has 1 atom stereocenters. The summed E-state index contributed by atoms with van der Waals surface area (Å²) in [7, 11) is 0. The molecule has 3 aliphatic rings. The lowest BCUT2D eigenvalue weighted by molar-refractivity contribution is 0.0807. The molecule has 0 amide bonds. The van der Waals surface area contributed by atoms with E-state index in [1.165, 1.54) is 64.8 Å². The molecule has 2 aliphatic heterocycles. The van der Waals surface area contributed by atoms with E-state index in [9.17, 15) is 0 Å². The van der Waals surface area contributed by atoms with E-state index >= 15 is 0 Å². The molecule has 3 nitrogen and oxygen atoms in total. The number of hydrogen-bond donors (Lipinski definition) is 0. The lowest BCUT2D eigenvalue weighted by Crippen LogP contribution is -2.46. The molecule has 4 rings (SSSR count). The van der Waals surface area contributed by atoms with E-state index in [2.05, 4.69) is 9.80 Å². The van der Waals surface area contributed by atoms with E-state index < -0.39 is 0 Å². The Morgan fingerprint density at radius 2 is 1.83 bits per heavy atom. The van der Waals surface area contributed by atoms with Gasteiger partial charge in [0.2, 0.25) is 0 Å². The Morgan fingerprint density at radius 1 is 1.00 bits per heavy atom. The van der Waals surface area contributed by atoms with Crippen LogP contribution in [0.3, 0.4) is 0 Å². The van der Waals surface area contributed by atoms with Crippen molar-refractivity contribution in [3.63, 3.8) is 0 Å². The van der Waals surface area contributed by atoms with E-state index in [4.69, 9.17) is 4.74 Å². The fraction of sp³-hybridized carbons (Fsp3) is 0.700. The molecule has 0 N–H and O–H groups in total. The third-order valence-electron chi connectivity index (χ3n) is 5.89. The standard InChI is InChI=1S/C20H30N2O/c1-2-5-19(6-3-1)23-14-13-21-11-4-9-20(16-21)10-12-22(17-20)15-18-7-8-18/h1-3,5-6,18H,4,7-17H2/t20-/m0/s1. The van der Waals surface area contributed by atoms with Crippen LogP contribution in [0.5, 0.6) is 5.75 Å². The molecule has 23 heavy (non-hydrogen) atoms. The van der Waals surface area contributed by atoms with E-state index in [1.54, 1.807) is 0 Å². The molecule has 126 valence electrons. The van der Waals surface area contributed by atoms with Crippen LogP contribution in [0, 0.1) is 11.3 Å². The second kappa shape index (κ2) is 6.82. The summed E-state index contributed by atoms with van der Waals surface area (Å²) >= 11 is 0. The second-order valence-corrected chi connectivity index (χ2v) is 7.97. The Labute approximate surface area is 140 Å². The van der Waals surface area contributed by atoms with Gasteiger partial charge in [-0.25, -0.2) is 0 Å². The Kier molecular flexibility index (Phi) is 4.59. The molecule has 1 saturated carbocycles. The first kappa shape index (κ1) is 15.5. The van der Waals surface area contributed by atoms with Gasteiger partial charge in [-0.15, -0.1) is 0 Å². The van der Waals surface area contributed by atoms with E-state index in [1.807, 2.05) is 30.3 Å². The van der Waals surface area contributed by atoms with Crippen molar-refractivity contribution in [3.05, 3.63) is 30.3 Å². The highest BCUT2D eigenvalue weighted by atomic mass is 16.5. The van der Waals surface area contributed by atoms with Crippen LogP contribution in [-0.2, 0) is 0 Å². The van der Waals surface area contributed by atoms with Gasteiger partial charge in [0, 0.05) is 26.2 Å². The minimum absolute atomic E-state index is 0.583. The largest absolute Gasteiger partial charge is 0.492 e. The van der Waals surface area contributed by atoms with Gasteiger partial charge >= 0.3 is 0 Å². The monoisotopic (exact) mass is 314 g/mol. The highest BCUT2D eigenvalue weighted by Gasteiger charge is 2.42. The molecule has 3 heteroatoms. The zero-order valence-corrected chi connectivity index (χ0v) is 14.3. The molecule has 3 fully saturated rings. The lowest BCUT2D eigenvalue weighted by atomic mass is 9.79. The number of ether oxygens (including phenoxy) is 1. The maximum absolute atomic E-state index is 5.89. The fourth-order valence-corrected chi connectivity index (χ4v) is 4.49. The molecule has 1 aromatic rings. The number of likely N-dealkylation sites (tertiary alicyclic amines) is 2. The number of hydrogen-bond acceptors (Lipinski definition) is 3. The molecular formula is C20H30N2O. The smallest absolute Gasteiger partial charge is 0.119 e. The Balaban J connectivity index is 1.24. The Hall–Kier alpha value is -1.06. The Bertz CT molecular complexity index is 502. The van der Waals surface area contributed by atoms with Gasteiger partial charge in [-0.3, -0.25) is 4.90 Å². The first-order valence-electron chi connectivity index (χ1n) is 9.44. The van der Waals surface area contributed by atoms with Crippen LogP contribution in [0.1, 0.15) is 32.1 Å². The third-order valence-corrected chi connectivity index (χ3v) is 5.89. The molecule has 1 spiro atoms. The summed E-state index contributed by atoms with van der Waals surface area (Å²) in [5.41, 5.74) is 0.583.